The zero-order chi connectivity index (χ0) is 18.4. The molecule has 0 saturated carbocycles. The van der Waals surface area contributed by atoms with Crippen molar-refractivity contribution in [3.8, 4) is 17.3 Å². The minimum absolute atomic E-state index is 0.0539. The fraction of sp³-hybridized carbons (Fsp3) is 0.263. The maximum Gasteiger partial charge on any atom is 0.279 e. The van der Waals surface area contributed by atoms with E-state index in [0.29, 0.717) is 24.6 Å². The summed E-state index contributed by atoms with van der Waals surface area (Å²) in [6.45, 7) is 3.75. The summed E-state index contributed by atoms with van der Waals surface area (Å²) in [5, 5.41) is 6.97. The molecule has 0 aliphatic carbocycles. The molecule has 7 nitrogen and oxygen atoms in total. The van der Waals surface area contributed by atoms with Gasteiger partial charge in [0.15, 0.2) is 12.3 Å². The molecule has 3 aromatic rings. The van der Waals surface area contributed by atoms with Gasteiger partial charge in [0.2, 0.25) is 5.76 Å². The van der Waals surface area contributed by atoms with Crippen LogP contribution in [0.15, 0.2) is 57.7 Å². The minimum Gasteiger partial charge on any atom is -0.497 e. The number of carbonyl (C=O) groups is 1. The standard InChI is InChI=1S/C19H21N3O4/c1-3-22(12-15-11-18(26-21-15)17-5-4-10-25-17)13-19(23)20-14-6-8-16(24-2)9-7-14/h4-11H,3,12-13H2,1-2H3,(H,20,23)/p+1. The lowest BCUT2D eigenvalue weighted by Gasteiger charge is -2.15. The number of aromatic nitrogens is 1. The first-order valence-electron chi connectivity index (χ1n) is 8.45. The number of rotatable bonds is 8. The van der Waals surface area contributed by atoms with Gasteiger partial charge in [-0.05, 0) is 43.3 Å². The quantitative estimate of drug-likeness (QED) is 0.645. The van der Waals surface area contributed by atoms with Crippen molar-refractivity contribution in [2.75, 3.05) is 25.5 Å². The molecule has 1 amide bonds. The Labute approximate surface area is 151 Å². The summed E-state index contributed by atoms with van der Waals surface area (Å²) in [6, 6.07) is 12.7. The van der Waals surface area contributed by atoms with Gasteiger partial charge in [-0.15, -0.1) is 0 Å². The summed E-state index contributed by atoms with van der Waals surface area (Å²) in [4.78, 5) is 13.4. The molecule has 2 heterocycles. The molecule has 0 aliphatic heterocycles. The van der Waals surface area contributed by atoms with Crippen LogP contribution in [0.25, 0.3) is 11.5 Å². The summed E-state index contributed by atoms with van der Waals surface area (Å²) in [6.07, 6.45) is 1.59. The van der Waals surface area contributed by atoms with Crippen LogP contribution >= 0.6 is 0 Å². The summed E-state index contributed by atoms with van der Waals surface area (Å²) in [7, 11) is 1.61. The Morgan fingerprint density at radius 3 is 2.69 bits per heavy atom. The fourth-order valence-corrected chi connectivity index (χ4v) is 2.61. The molecule has 1 aromatic carbocycles. The zero-order valence-corrected chi connectivity index (χ0v) is 14.8. The molecule has 3 rings (SSSR count). The predicted molar refractivity (Wildman–Crippen MR) is 95.9 cm³/mol. The molecule has 0 radical (unpaired) electrons. The molecule has 0 fully saturated rings. The lowest BCUT2D eigenvalue weighted by atomic mass is 10.3. The Hall–Kier alpha value is -3.06. The van der Waals surface area contributed by atoms with Gasteiger partial charge >= 0.3 is 0 Å². The molecule has 1 unspecified atom stereocenters. The molecule has 1 atom stereocenters. The van der Waals surface area contributed by atoms with E-state index in [9.17, 15) is 4.79 Å². The number of nitrogens with zero attached hydrogens (tertiary/aromatic N) is 1. The summed E-state index contributed by atoms with van der Waals surface area (Å²) in [5.41, 5.74) is 1.53. The largest absolute Gasteiger partial charge is 0.497 e. The van der Waals surface area contributed by atoms with Crippen molar-refractivity contribution in [1.82, 2.24) is 5.16 Å². The van der Waals surface area contributed by atoms with E-state index in [2.05, 4.69) is 10.5 Å². The van der Waals surface area contributed by atoms with Gasteiger partial charge in [0, 0.05) is 11.8 Å². The van der Waals surface area contributed by atoms with Crippen LogP contribution < -0.4 is 15.0 Å². The number of carbonyl (C=O) groups excluding carboxylic acids is 1. The van der Waals surface area contributed by atoms with Crippen molar-refractivity contribution in [3.05, 3.63) is 54.4 Å². The molecule has 0 saturated heterocycles. The van der Waals surface area contributed by atoms with E-state index in [4.69, 9.17) is 13.7 Å². The number of furan rings is 1. The second kappa shape index (κ2) is 8.35. The van der Waals surface area contributed by atoms with E-state index in [1.54, 1.807) is 19.4 Å². The average Bonchev–Trinajstić information content (AvgIpc) is 3.33. The molecule has 2 aromatic heterocycles. The SMILES string of the molecule is CC[NH+](CC(=O)Nc1ccc(OC)cc1)Cc1cc(-c2ccco2)on1. The van der Waals surface area contributed by atoms with Crippen molar-refractivity contribution < 1.29 is 23.4 Å². The van der Waals surface area contributed by atoms with E-state index in [1.807, 2.05) is 43.3 Å². The highest BCUT2D eigenvalue weighted by atomic mass is 16.5. The monoisotopic (exact) mass is 356 g/mol. The van der Waals surface area contributed by atoms with E-state index in [0.717, 1.165) is 28.6 Å². The molecule has 0 aliphatic rings. The number of hydrogen-bond donors (Lipinski definition) is 2. The number of anilines is 1. The smallest absolute Gasteiger partial charge is 0.279 e. The fourth-order valence-electron chi connectivity index (χ4n) is 2.61. The lowest BCUT2D eigenvalue weighted by Crippen LogP contribution is -3.11. The van der Waals surface area contributed by atoms with E-state index < -0.39 is 0 Å². The van der Waals surface area contributed by atoms with Crippen LogP contribution in [0.3, 0.4) is 0 Å². The number of likely N-dealkylation sites (N-methyl/N-ethyl adjacent to an activating group) is 1. The minimum atomic E-state index is -0.0539. The predicted octanol–water partition coefficient (Wildman–Crippen LogP) is 1.99. The van der Waals surface area contributed by atoms with Gasteiger partial charge in [-0.3, -0.25) is 4.79 Å². The van der Waals surface area contributed by atoms with Crippen LogP contribution in [-0.4, -0.2) is 31.3 Å². The highest BCUT2D eigenvalue weighted by molar-refractivity contribution is 5.91. The number of amides is 1. The maximum atomic E-state index is 12.3. The average molecular weight is 356 g/mol. The van der Waals surface area contributed by atoms with Gasteiger partial charge in [-0.1, -0.05) is 5.16 Å². The molecule has 0 bridgehead atoms. The second-order valence-electron chi connectivity index (χ2n) is 5.89. The third-order valence-electron chi connectivity index (χ3n) is 4.04. The van der Waals surface area contributed by atoms with Crippen LogP contribution in [0.4, 0.5) is 5.69 Å². The molecule has 2 N–H and O–H groups in total. The van der Waals surface area contributed by atoms with Gasteiger partial charge in [-0.25, -0.2) is 0 Å². The Morgan fingerprint density at radius 1 is 1.23 bits per heavy atom. The van der Waals surface area contributed by atoms with Gasteiger partial charge in [0.1, 0.15) is 18.0 Å². The van der Waals surface area contributed by atoms with Crippen molar-refractivity contribution >= 4 is 11.6 Å². The van der Waals surface area contributed by atoms with E-state index in [1.165, 1.54) is 0 Å². The molecular formula is C19H22N3O4+. The Morgan fingerprint density at radius 2 is 2.04 bits per heavy atom. The molecular weight excluding hydrogens is 334 g/mol. The summed E-state index contributed by atoms with van der Waals surface area (Å²) < 4.78 is 15.7. The second-order valence-corrected chi connectivity index (χ2v) is 5.89. The number of hydrogen-bond acceptors (Lipinski definition) is 5. The first-order chi connectivity index (χ1) is 12.7. The van der Waals surface area contributed by atoms with Gasteiger partial charge in [-0.2, -0.15) is 0 Å². The normalized spacial score (nSPS) is 11.9. The van der Waals surface area contributed by atoms with Crippen LogP contribution in [0.2, 0.25) is 0 Å². The van der Waals surface area contributed by atoms with Crippen molar-refractivity contribution in [2.24, 2.45) is 0 Å². The molecule has 136 valence electrons. The number of methoxy groups -OCH3 is 1. The number of nitrogens with one attached hydrogen (secondary N) is 2. The number of benzene rings is 1. The first-order valence-corrected chi connectivity index (χ1v) is 8.45. The maximum absolute atomic E-state index is 12.3. The highest BCUT2D eigenvalue weighted by Gasteiger charge is 2.17. The zero-order valence-electron chi connectivity index (χ0n) is 14.8. The summed E-state index contributed by atoms with van der Waals surface area (Å²) >= 11 is 0. The van der Waals surface area contributed by atoms with Crippen LogP contribution in [0.1, 0.15) is 12.6 Å². The Kier molecular flexibility index (Phi) is 5.70. The lowest BCUT2D eigenvalue weighted by molar-refractivity contribution is -0.904. The van der Waals surface area contributed by atoms with Crippen molar-refractivity contribution in [1.29, 1.82) is 0 Å². The Balaban J connectivity index is 1.56. The molecule has 7 heteroatoms. The highest BCUT2D eigenvalue weighted by Crippen LogP contribution is 2.20. The number of ether oxygens (including phenoxy) is 1. The molecule has 0 spiro atoms. The van der Waals surface area contributed by atoms with Gasteiger partial charge in [0.05, 0.1) is 19.9 Å². The third kappa shape index (κ3) is 4.52. The van der Waals surface area contributed by atoms with E-state index >= 15 is 0 Å². The first kappa shape index (κ1) is 17.8. The molecule has 26 heavy (non-hydrogen) atoms. The third-order valence-corrected chi connectivity index (χ3v) is 4.04. The topological polar surface area (TPSA) is 81.9 Å². The van der Waals surface area contributed by atoms with Crippen molar-refractivity contribution in [2.45, 2.75) is 13.5 Å². The number of quaternary nitrogens is 1. The van der Waals surface area contributed by atoms with Crippen molar-refractivity contribution in [3.63, 3.8) is 0 Å². The van der Waals surface area contributed by atoms with Gasteiger partial charge < -0.3 is 23.9 Å². The van der Waals surface area contributed by atoms with E-state index in [-0.39, 0.29) is 5.91 Å². The van der Waals surface area contributed by atoms with Crippen LogP contribution in [0, 0.1) is 0 Å². The Bertz CT molecular complexity index is 825. The van der Waals surface area contributed by atoms with Crippen LogP contribution in [-0.2, 0) is 11.3 Å². The van der Waals surface area contributed by atoms with Crippen LogP contribution in [0.5, 0.6) is 5.75 Å². The summed E-state index contributed by atoms with van der Waals surface area (Å²) in [5.74, 6) is 1.92. The van der Waals surface area contributed by atoms with Gasteiger partial charge in [0.25, 0.3) is 5.91 Å².